The standard InChI is InChI=1S/C22H34N4O/c1-2-23-22(26-13-9-18(17-26)16-25-11-5-6-12-25)24-15-19-10-14-27-21-8-4-3-7-20(19)21/h3-4,7-8,18-19H,2,5-6,9-17H2,1H3,(H,23,24). The number of hydrogen-bond acceptors (Lipinski definition) is 3. The van der Waals surface area contributed by atoms with Crippen molar-refractivity contribution in [2.24, 2.45) is 10.9 Å². The molecule has 1 N–H and O–H groups in total. The molecule has 0 radical (unpaired) electrons. The van der Waals surface area contributed by atoms with Crippen LogP contribution in [0.5, 0.6) is 5.75 Å². The topological polar surface area (TPSA) is 40.1 Å². The Bertz CT molecular complexity index is 641. The third-order valence-electron chi connectivity index (χ3n) is 6.18. The molecule has 0 aromatic heterocycles. The van der Waals surface area contributed by atoms with Crippen LogP contribution in [0.4, 0.5) is 0 Å². The van der Waals surface area contributed by atoms with E-state index < -0.39 is 0 Å². The average molecular weight is 371 g/mol. The maximum Gasteiger partial charge on any atom is 0.193 e. The molecule has 0 bridgehead atoms. The molecule has 3 aliphatic rings. The van der Waals surface area contributed by atoms with Crippen LogP contribution in [0.2, 0.25) is 0 Å². The summed E-state index contributed by atoms with van der Waals surface area (Å²) in [5.74, 6) is 3.40. The normalized spacial score (nSPS) is 26.1. The van der Waals surface area contributed by atoms with Crippen molar-refractivity contribution in [3.8, 4) is 5.75 Å². The summed E-state index contributed by atoms with van der Waals surface area (Å²) in [5, 5.41) is 3.53. The predicted molar refractivity (Wildman–Crippen MR) is 111 cm³/mol. The van der Waals surface area contributed by atoms with E-state index in [9.17, 15) is 0 Å². The molecule has 0 saturated carbocycles. The number of guanidine groups is 1. The number of benzene rings is 1. The van der Waals surface area contributed by atoms with Crippen molar-refractivity contribution >= 4 is 5.96 Å². The summed E-state index contributed by atoms with van der Waals surface area (Å²) in [6, 6.07) is 8.45. The molecule has 2 unspecified atom stereocenters. The number of fused-ring (bicyclic) bond motifs is 1. The fraction of sp³-hybridized carbons (Fsp3) is 0.682. The lowest BCUT2D eigenvalue weighted by molar-refractivity contribution is 0.268. The van der Waals surface area contributed by atoms with E-state index in [1.165, 1.54) is 44.5 Å². The monoisotopic (exact) mass is 370 g/mol. The van der Waals surface area contributed by atoms with Crippen LogP contribution in [0.3, 0.4) is 0 Å². The highest BCUT2D eigenvalue weighted by Gasteiger charge is 2.28. The second kappa shape index (κ2) is 8.96. The Labute approximate surface area is 163 Å². The molecule has 4 rings (SSSR count). The molecule has 3 heterocycles. The van der Waals surface area contributed by atoms with E-state index in [-0.39, 0.29) is 0 Å². The van der Waals surface area contributed by atoms with Gasteiger partial charge in [-0.05, 0) is 63.2 Å². The lowest BCUT2D eigenvalue weighted by atomic mass is 9.93. The van der Waals surface area contributed by atoms with Crippen molar-refractivity contribution < 1.29 is 4.74 Å². The summed E-state index contributed by atoms with van der Waals surface area (Å²) in [6.45, 7) is 10.9. The summed E-state index contributed by atoms with van der Waals surface area (Å²) < 4.78 is 5.81. The van der Waals surface area contributed by atoms with Gasteiger partial charge in [-0.3, -0.25) is 4.99 Å². The summed E-state index contributed by atoms with van der Waals surface area (Å²) in [6.07, 6.45) is 5.11. The van der Waals surface area contributed by atoms with Crippen molar-refractivity contribution in [2.75, 3.05) is 52.4 Å². The quantitative estimate of drug-likeness (QED) is 0.639. The number of nitrogens with zero attached hydrogens (tertiary/aromatic N) is 3. The van der Waals surface area contributed by atoms with E-state index in [1.54, 1.807) is 0 Å². The van der Waals surface area contributed by atoms with Crippen molar-refractivity contribution in [3.63, 3.8) is 0 Å². The van der Waals surface area contributed by atoms with Gasteiger partial charge in [0.1, 0.15) is 5.75 Å². The van der Waals surface area contributed by atoms with Gasteiger partial charge < -0.3 is 19.9 Å². The number of aliphatic imine (C=N–C) groups is 1. The zero-order chi connectivity index (χ0) is 18.5. The van der Waals surface area contributed by atoms with E-state index in [1.807, 2.05) is 0 Å². The third kappa shape index (κ3) is 4.57. The number of ether oxygens (including phenoxy) is 1. The van der Waals surface area contributed by atoms with Gasteiger partial charge in [-0.1, -0.05) is 18.2 Å². The Balaban J connectivity index is 1.38. The molecule has 1 aromatic rings. The summed E-state index contributed by atoms with van der Waals surface area (Å²) in [5.41, 5.74) is 1.32. The molecular weight excluding hydrogens is 336 g/mol. The van der Waals surface area contributed by atoms with Gasteiger partial charge in [0.2, 0.25) is 0 Å². The minimum Gasteiger partial charge on any atom is -0.493 e. The molecule has 2 saturated heterocycles. The Morgan fingerprint density at radius 1 is 1.19 bits per heavy atom. The van der Waals surface area contributed by atoms with Gasteiger partial charge >= 0.3 is 0 Å². The predicted octanol–water partition coefficient (Wildman–Crippen LogP) is 2.94. The Morgan fingerprint density at radius 3 is 2.89 bits per heavy atom. The van der Waals surface area contributed by atoms with E-state index in [4.69, 9.17) is 9.73 Å². The van der Waals surface area contributed by atoms with Gasteiger partial charge in [0.15, 0.2) is 5.96 Å². The van der Waals surface area contributed by atoms with Crippen molar-refractivity contribution in [3.05, 3.63) is 29.8 Å². The van der Waals surface area contributed by atoms with Gasteiger partial charge in [0.05, 0.1) is 6.61 Å². The minimum absolute atomic E-state index is 0.464. The fourth-order valence-electron chi connectivity index (χ4n) is 4.73. The number of nitrogens with one attached hydrogen (secondary N) is 1. The second-order valence-corrected chi connectivity index (χ2v) is 8.17. The highest BCUT2D eigenvalue weighted by molar-refractivity contribution is 5.80. The first-order valence-electron chi connectivity index (χ1n) is 10.8. The molecule has 0 spiro atoms. The molecule has 5 nitrogen and oxygen atoms in total. The van der Waals surface area contributed by atoms with Crippen LogP contribution < -0.4 is 10.1 Å². The average Bonchev–Trinajstić information content (AvgIpc) is 3.38. The van der Waals surface area contributed by atoms with Gasteiger partial charge in [0.25, 0.3) is 0 Å². The molecule has 3 aliphatic heterocycles. The van der Waals surface area contributed by atoms with E-state index in [0.717, 1.165) is 56.8 Å². The second-order valence-electron chi connectivity index (χ2n) is 8.17. The van der Waals surface area contributed by atoms with Crippen molar-refractivity contribution in [1.82, 2.24) is 15.1 Å². The van der Waals surface area contributed by atoms with Crippen LogP contribution in [0.25, 0.3) is 0 Å². The first-order chi connectivity index (χ1) is 13.3. The molecule has 5 heteroatoms. The molecule has 0 aliphatic carbocycles. The zero-order valence-electron chi connectivity index (χ0n) is 16.7. The van der Waals surface area contributed by atoms with Gasteiger partial charge in [-0.15, -0.1) is 0 Å². The van der Waals surface area contributed by atoms with E-state index in [0.29, 0.717) is 5.92 Å². The van der Waals surface area contributed by atoms with Crippen LogP contribution in [0.1, 0.15) is 44.1 Å². The largest absolute Gasteiger partial charge is 0.493 e. The van der Waals surface area contributed by atoms with E-state index in [2.05, 4.69) is 46.3 Å². The fourth-order valence-corrected chi connectivity index (χ4v) is 4.73. The molecule has 2 atom stereocenters. The Kier molecular flexibility index (Phi) is 6.17. The molecular formula is C22H34N4O. The molecule has 0 amide bonds. The SMILES string of the molecule is CCNC(=NCC1CCOc2ccccc21)N1CCC(CN2CCCC2)C1. The van der Waals surface area contributed by atoms with Gasteiger partial charge in [-0.25, -0.2) is 0 Å². The van der Waals surface area contributed by atoms with Crippen LogP contribution in [0, 0.1) is 5.92 Å². The summed E-state index contributed by atoms with van der Waals surface area (Å²) >= 11 is 0. The van der Waals surface area contributed by atoms with Crippen LogP contribution in [-0.4, -0.2) is 68.2 Å². The lowest BCUT2D eigenvalue weighted by Gasteiger charge is -2.26. The first-order valence-corrected chi connectivity index (χ1v) is 10.8. The molecule has 1 aromatic carbocycles. The van der Waals surface area contributed by atoms with Crippen molar-refractivity contribution in [1.29, 1.82) is 0 Å². The van der Waals surface area contributed by atoms with Crippen LogP contribution in [0.15, 0.2) is 29.3 Å². The van der Waals surface area contributed by atoms with Gasteiger partial charge in [-0.2, -0.15) is 0 Å². The minimum atomic E-state index is 0.464. The molecule has 27 heavy (non-hydrogen) atoms. The Morgan fingerprint density at radius 2 is 2.04 bits per heavy atom. The first kappa shape index (κ1) is 18.6. The van der Waals surface area contributed by atoms with Crippen LogP contribution in [-0.2, 0) is 0 Å². The third-order valence-corrected chi connectivity index (χ3v) is 6.18. The molecule has 2 fully saturated rings. The highest BCUT2D eigenvalue weighted by atomic mass is 16.5. The summed E-state index contributed by atoms with van der Waals surface area (Å²) in [4.78, 5) is 10.2. The maximum absolute atomic E-state index is 5.81. The zero-order valence-corrected chi connectivity index (χ0v) is 16.7. The van der Waals surface area contributed by atoms with Crippen molar-refractivity contribution in [2.45, 2.75) is 38.5 Å². The lowest BCUT2D eigenvalue weighted by Crippen LogP contribution is -2.41. The highest BCUT2D eigenvalue weighted by Crippen LogP contribution is 2.33. The van der Waals surface area contributed by atoms with E-state index >= 15 is 0 Å². The van der Waals surface area contributed by atoms with Crippen LogP contribution >= 0.6 is 0 Å². The summed E-state index contributed by atoms with van der Waals surface area (Å²) in [7, 11) is 0. The number of para-hydroxylation sites is 1. The van der Waals surface area contributed by atoms with Gasteiger partial charge in [0, 0.05) is 38.6 Å². The number of rotatable bonds is 5. The Hall–Kier alpha value is -1.75. The smallest absolute Gasteiger partial charge is 0.193 e. The number of hydrogen-bond donors (Lipinski definition) is 1. The molecule has 148 valence electrons. The number of likely N-dealkylation sites (tertiary alicyclic amines) is 2. The maximum atomic E-state index is 5.81.